The summed E-state index contributed by atoms with van der Waals surface area (Å²) in [5.74, 6) is 0.933. The summed E-state index contributed by atoms with van der Waals surface area (Å²) >= 11 is 0. The van der Waals surface area contributed by atoms with Crippen molar-refractivity contribution in [2.45, 2.75) is 38.3 Å². The van der Waals surface area contributed by atoms with Gasteiger partial charge in [-0.2, -0.15) is 0 Å². The van der Waals surface area contributed by atoms with E-state index in [2.05, 4.69) is 45.9 Å². The molecule has 2 unspecified atom stereocenters. The van der Waals surface area contributed by atoms with Gasteiger partial charge in [0.05, 0.1) is 0 Å². The van der Waals surface area contributed by atoms with Crippen LogP contribution in [0.5, 0.6) is 0 Å². The monoisotopic (exact) mass is 373 g/mol. The Hall–Kier alpha value is -0.810. The third-order valence-corrected chi connectivity index (χ3v) is 4.83. The van der Waals surface area contributed by atoms with Crippen LogP contribution in [-0.2, 0) is 11.3 Å². The zero-order valence-electron chi connectivity index (χ0n) is 14.1. The fraction of sp³-hybridized carbons (Fsp3) is 0.611. The average molecular weight is 374 g/mol. The maximum Gasteiger partial charge on any atom is 0.220 e. The number of benzene rings is 1. The Kier molecular flexibility index (Phi) is 9.67. The smallest absolute Gasteiger partial charge is 0.220 e. The van der Waals surface area contributed by atoms with E-state index in [0.717, 1.165) is 45.6 Å². The van der Waals surface area contributed by atoms with E-state index in [1.165, 1.54) is 12.0 Å². The molecular weight excluding hydrogens is 345 g/mol. The third kappa shape index (κ3) is 6.60. The summed E-state index contributed by atoms with van der Waals surface area (Å²) < 4.78 is 0. The lowest BCUT2D eigenvalue weighted by Crippen LogP contribution is -2.37. The first-order valence-electron chi connectivity index (χ1n) is 8.56. The van der Waals surface area contributed by atoms with Crippen molar-refractivity contribution in [3.63, 3.8) is 0 Å². The van der Waals surface area contributed by atoms with Gasteiger partial charge >= 0.3 is 0 Å². The Morgan fingerprint density at radius 1 is 1.21 bits per heavy atom. The van der Waals surface area contributed by atoms with Crippen LogP contribution in [0.15, 0.2) is 30.3 Å². The minimum atomic E-state index is 0. The fourth-order valence-electron chi connectivity index (χ4n) is 3.53. The number of nitrogens with zero attached hydrogens (tertiary/aromatic N) is 1. The molecule has 1 amide bonds. The Morgan fingerprint density at radius 2 is 2.00 bits per heavy atom. The van der Waals surface area contributed by atoms with Gasteiger partial charge in [-0.1, -0.05) is 30.3 Å². The molecule has 2 aliphatic heterocycles. The van der Waals surface area contributed by atoms with Crippen LogP contribution in [0.4, 0.5) is 0 Å². The van der Waals surface area contributed by atoms with Gasteiger partial charge in [0.2, 0.25) is 5.91 Å². The molecule has 2 N–H and O–H groups in total. The minimum absolute atomic E-state index is 0. The van der Waals surface area contributed by atoms with Crippen molar-refractivity contribution in [3.8, 4) is 0 Å². The zero-order valence-corrected chi connectivity index (χ0v) is 15.7. The molecule has 0 spiro atoms. The van der Waals surface area contributed by atoms with Gasteiger partial charge in [-0.15, -0.1) is 24.8 Å². The summed E-state index contributed by atoms with van der Waals surface area (Å²) in [6.07, 6.45) is 4.01. The first kappa shape index (κ1) is 21.2. The number of rotatable bonds is 6. The van der Waals surface area contributed by atoms with Crippen LogP contribution in [0.2, 0.25) is 0 Å². The lowest BCUT2D eigenvalue weighted by atomic mass is 10.0. The third-order valence-electron chi connectivity index (χ3n) is 4.83. The quantitative estimate of drug-likeness (QED) is 0.805. The average Bonchev–Trinajstić information content (AvgIpc) is 3.18. The SMILES string of the molecule is Cl.Cl.O=C(CCC1CCNC1)NC1CCN(Cc2ccccc2)C1. The van der Waals surface area contributed by atoms with E-state index in [0.29, 0.717) is 18.4 Å². The Bertz CT molecular complexity index is 480. The highest BCUT2D eigenvalue weighted by molar-refractivity contribution is 5.85. The molecule has 0 saturated carbocycles. The molecule has 136 valence electrons. The Morgan fingerprint density at radius 3 is 2.71 bits per heavy atom. The molecule has 3 rings (SSSR count). The summed E-state index contributed by atoms with van der Waals surface area (Å²) in [4.78, 5) is 14.5. The van der Waals surface area contributed by atoms with Crippen molar-refractivity contribution >= 4 is 30.7 Å². The van der Waals surface area contributed by atoms with Crippen molar-refractivity contribution in [3.05, 3.63) is 35.9 Å². The Labute approximate surface area is 157 Å². The highest BCUT2D eigenvalue weighted by Crippen LogP contribution is 2.16. The first-order valence-corrected chi connectivity index (χ1v) is 8.56. The van der Waals surface area contributed by atoms with Crippen molar-refractivity contribution in [2.24, 2.45) is 5.92 Å². The van der Waals surface area contributed by atoms with E-state index in [-0.39, 0.29) is 30.7 Å². The predicted molar refractivity (Wildman–Crippen MR) is 103 cm³/mol. The van der Waals surface area contributed by atoms with Crippen molar-refractivity contribution in [1.82, 2.24) is 15.5 Å². The molecule has 2 atom stereocenters. The molecule has 24 heavy (non-hydrogen) atoms. The largest absolute Gasteiger partial charge is 0.352 e. The van der Waals surface area contributed by atoms with E-state index < -0.39 is 0 Å². The summed E-state index contributed by atoms with van der Waals surface area (Å²) in [6, 6.07) is 10.9. The number of halogens is 2. The second-order valence-electron chi connectivity index (χ2n) is 6.67. The first-order chi connectivity index (χ1) is 10.8. The van der Waals surface area contributed by atoms with Gasteiger partial charge in [-0.25, -0.2) is 0 Å². The van der Waals surface area contributed by atoms with Crippen LogP contribution in [0.3, 0.4) is 0 Å². The Balaban J connectivity index is 0.00000144. The summed E-state index contributed by atoms with van der Waals surface area (Å²) in [7, 11) is 0. The molecule has 0 bridgehead atoms. The molecule has 1 aromatic carbocycles. The summed E-state index contributed by atoms with van der Waals surface area (Å²) in [6.45, 7) is 5.24. The van der Waals surface area contributed by atoms with Crippen molar-refractivity contribution in [1.29, 1.82) is 0 Å². The predicted octanol–water partition coefficient (Wildman–Crippen LogP) is 2.61. The fourth-order valence-corrected chi connectivity index (χ4v) is 3.53. The number of amides is 1. The van der Waals surface area contributed by atoms with Gasteiger partial charge in [-0.05, 0) is 43.8 Å². The maximum atomic E-state index is 12.1. The number of hydrogen-bond donors (Lipinski definition) is 2. The van der Waals surface area contributed by atoms with Gasteiger partial charge < -0.3 is 10.6 Å². The lowest BCUT2D eigenvalue weighted by Gasteiger charge is -2.17. The lowest BCUT2D eigenvalue weighted by molar-refractivity contribution is -0.122. The molecule has 2 fully saturated rings. The second-order valence-corrected chi connectivity index (χ2v) is 6.67. The van der Waals surface area contributed by atoms with Crippen LogP contribution in [0.1, 0.15) is 31.2 Å². The topological polar surface area (TPSA) is 44.4 Å². The number of carbonyl (C=O) groups is 1. The van der Waals surface area contributed by atoms with Gasteiger partial charge in [-0.3, -0.25) is 9.69 Å². The molecule has 1 aromatic rings. The highest BCUT2D eigenvalue weighted by atomic mass is 35.5. The van der Waals surface area contributed by atoms with Gasteiger partial charge in [0, 0.05) is 32.1 Å². The number of hydrogen-bond acceptors (Lipinski definition) is 3. The van der Waals surface area contributed by atoms with E-state index in [1.807, 2.05) is 0 Å². The van der Waals surface area contributed by atoms with E-state index in [1.54, 1.807) is 0 Å². The number of likely N-dealkylation sites (tertiary alicyclic amines) is 1. The summed E-state index contributed by atoms with van der Waals surface area (Å²) in [5, 5.41) is 6.58. The molecule has 0 radical (unpaired) electrons. The van der Waals surface area contributed by atoms with Crippen LogP contribution in [0, 0.1) is 5.92 Å². The number of carbonyl (C=O) groups excluding carboxylic acids is 1. The van der Waals surface area contributed by atoms with Crippen LogP contribution in [-0.4, -0.2) is 43.0 Å². The number of nitrogens with one attached hydrogen (secondary N) is 2. The zero-order chi connectivity index (χ0) is 15.2. The van der Waals surface area contributed by atoms with E-state index in [9.17, 15) is 4.79 Å². The molecule has 0 aliphatic carbocycles. The molecule has 0 aromatic heterocycles. The van der Waals surface area contributed by atoms with E-state index >= 15 is 0 Å². The normalized spacial score (nSPS) is 23.3. The molecular formula is C18H29Cl2N3O. The van der Waals surface area contributed by atoms with Crippen LogP contribution >= 0.6 is 24.8 Å². The van der Waals surface area contributed by atoms with Gasteiger partial charge in [0.25, 0.3) is 0 Å². The van der Waals surface area contributed by atoms with Crippen molar-refractivity contribution < 1.29 is 4.79 Å². The van der Waals surface area contributed by atoms with Crippen molar-refractivity contribution in [2.75, 3.05) is 26.2 Å². The molecule has 2 saturated heterocycles. The molecule has 2 aliphatic rings. The van der Waals surface area contributed by atoms with Crippen LogP contribution in [0.25, 0.3) is 0 Å². The molecule has 6 heteroatoms. The standard InChI is InChI=1S/C18H27N3O.2ClH/c22-18(7-6-15-8-10-19-12-15)20-17-9-11-21(14-17)13-16-4-2-1-3-5-16;;/h1-5,15,17,19H,6-14H2,(H,20,22);2*1H. The summed E-state index contributed by atoms with van der Waals surface area (Å²) in [5.41, 5.74) is 1.35. The molecule has 2 heterocycles. The van der Waals surface area contributed by atoms with Gasteiger partial charge in [0.15, 0.2) is 0 Å². The highest BCUT2D eigenvalue weighted by Gasteiger charge is 2.24. The van der Waals surface area contributed by atoms with E-state index in [4.69, 9.17) is 0 Å². The maximum absolute atomic E-state index is 12.1. The molecule has 4 nitrogen and oxygen atoms in total. The minimum Gasteiger partial charge on any atom is -0.352 e. The van der Waals surface area contributed by atoms with Crippen LogP contribution < -0.4 is 10.6 Å². The second kappa shape index (κ2) is 10.9. The van der Waals surface area contributed by atoms with Gasteiger partial charge in [0.1, 0.15) is 0 Å².